The molecule has 0 aliphatic heterocycles. The van der Waals surface area contributed by atoms with Crippen LogP contribution in [0.2, 0.25) is 0 Å². The lowest BCUT2D eigenvalue weighted by molar-refractivity contribution is 0.166. The predicted octanol–water partition coefficient (Wildman–Crippen LogP) is 2.27. The van der Waals surface area contributed by atoms with Crippen LogP contribution in [0.15, 0.2) is 18.2 Å². The molecular formula is C15H26N2O. The first-order valence-corrected chi connectivity index (χ1v) is 6.56. The van der Waals surface area contributed by atoms with Crippen molar-refractivity contribution in [2.45, 2.75) is 26.3 Å². The minimum atomic E-state index is 0.292. The van der Waals surface area contributed by atoms with Gasteiger partial charge in [-0.3, -0.25) is 4.90 Å². The molecule has 0 heterocycles. The molecular weight excluding hydrogens is 224 g/mol. The van der Waals surface area contributed by atoms with Crippen molar-refractivity contribution in [1.82, 2.24) is 4.90 Å². The van der Waals surface area contributed by atoms with Gasteiger partial charge in [-0.25, -0.2) is 0 Å². The maximum absolute atomic E-state index is 5.94. The highest BCUT2D eigenvalue weighted by molar-refractivity contribution is 5.30. The summed E-state index contributed by atoms with van der Waals surface area (Å²) in [6.45, 7) is 6.72. The maximum Gasteiger partial charge on any atom is 0.0474 e. The Kier molecular flexibility index (Phi) is 6.33. The van der Waals surface area contributed by atoms with Crippen LogP contribution in [-0.4, -0.2) is 38.8 Å². The molecule has 0 saturated heterocycles. The third-order valence-electron chi connectivity index (χ3n) is 3.24. The number of aryl methyl sites for hydroxylation is 2. The molecule has 1 atom stereocenters. The highest BCUT2D eigenvalue weighted by atomic mass is 16.5. The van der Waals surface area contributed by atoms with Gasteiger partial charge in [0, 0.05) is 32.8 Å². The summed E-state index contributed by atoms with van der Waals surface area (Å²) >= 11 is 0. The van der Waals surface area contributed by atoms with E-state index in [0.29, 0.717) is 12.6 Å². The Bertz CT molecular complexity index is 345. The van der Waals surface area contributed by atoms with Crippen LogP contribution in [-0.2, 0) is 4.74 Å². The second kappa shape index (κ2) is 7.52. The lowest BCUT2D eigenvalue weighted by Crippen LogP contribution is -2.31. The van der Waals surface area contributed by atoms with Gasteiger partial charge in [0.2, 0.25) is 0 Å². The lowest BCUT2D eigenvalue weighted by atomic mass is 10.0. The van der Waals surface area contributed by atoms with Crippen molar-refractivity contribution >= 4 is 0 Å². The molecule has 102 valence electrons. The summed E-state index contributed by atoms with van der Waals surface area (Å²) in [5.74, 6) is 0. The summed E-state index contributed by atoms with van der Waals surface area (Å²) in [6, 6.07) is 6.96. The summed E-state index contributed by atoms with van der Waals surface area (Å²) in [4.78, 5) is 2.31. The molecule has 0 bridgehead atoms. The van der Waals surface area contributed by atoms with Crippen molar-refractivity contribution in [1.29, 1.82) is 0 Å². The molecule has 0 amide bonds. The average Bonchev–Trinajstić information content (AvgIpc) is 2.29. The number of rotatable bonds is 7. The molecule has 3 nitrogen and oxygen atoms in total. The number of nitrogens with zero attached hydrogens (tertiary/aromatic N) is 1. The molecule has 18 heavy (non-hydrogen) atoms. The topological polar surface area (TPSA) is 38.5 Å². The predicted molar refractivity (Wildman–Crippen MR) is 76.8 cm³/mol. The van der Waals surface area contributed by atoms with Crippen molar-refractivity contribution in [3.05, 3.63) is 34.9 Å². The third kappa shape index (κ3) is 4.41. The molecule has 1 aromatic carbocycles. The van der Waals surface area contributed by atoms with Gasteiger partial charge in [0.25, 0.3) is 0 Å². The number of hydrogen-bond donors (Lipinski definition) is 1. The Morgan fingerprint density at radius 1 is 1.22 bits per heavy atom. The van der Waals surface area contributed by atoms with Crippen molar-refractivity contribution < 1.29 is 4.74 Å². The molecule has 0 fully saturated rings. The van der Waals surface area contributed by atoms with E-state index < -0.39 is 0 Å². The van der Waals surface area contributed by atoms with E-state index in [9.17, 15) is 0 Å². The second-order valence-electron chi connectivity index (χ2n) is 5.00. The number of likely N-dealkylation sites (N-methyl/N-ethyl adjacent to an activating group) is 1. The summed E-state index contributed by atoms with van der Waals surface area (Å²) in [5, 5.41) is 0. The average molecular weight is 250 g/mol. The molecule has 1 unspecified atom stereocenters. The van der Waals surface area contributed by atoms with Gasteiger partial charge in [0.05, 0.1) is 0 Å². The van der Waals surface area contributed by atoms with Gasteiger partial charge in [-0.1, -0.05) is 29.3 Å². The van der Waals surface area contributed by atoms with Crippen molar-refractivity contribution in [2.75, 3.05) is 33.9 Å². The summed E-state index contributed by atoms with van der Waals surface area (Å²) in [6.07, 6.45) is 1.04. The zero-order valence-electron chi connectivity index (χ0n) is 12.1. The zero-order chi connectivity index (χ0) is 13.5. The first-order valence-electron chi connectivity index (χ1n) is 6.56. The van der Waals surface area contributed by atoms with Crippen molar-refractivity contribution in [3.63, 3.8) is 0 Å². The van der Waals surface area contributed by atoms with Gasteiger partial charge in [-0.2, -0.15) is 0 Å². The van der Waals surface area contributed by atoms with E-state index in [-0.39, 0.29) is 0 Å². The van der Waals surface area contributed by atoms with Crippen LogP contribution in [0, 0.1) is 13.8 Å². The highest BCUT2D eigenvalue weighted by Crippen LogP contribution is 2.21. The molecule has 3 heteroatoms. The standard InChI is InChI=1S/C15H26N2O/c1-12-8-13(2)10-14(9-12)15(11-16)17(3)6-5-7-18-4/h8-10,15H,5-7,11,16H2,1-4H3. The van der Waals surface area contributed by atoms with E-state index >= 15 is 0 Å². The van der Waals surface area contributed by atoms with Crippen LogP contribution in [0.1, 0.15) is 29.2 Å². The number of ether oxygens (including phenoxy) is 1. The van der Waals surface area contributed by atoms with Crippen LogP contribution in [0.4, 0.5) is 0 Å². The SMILES string of the molecule is COCCCN(C)C(CN)c1cc(C)cc(C)c1. The Hall–Kier alpha value is -0.900. The highest BCUT2D eigenvalue weighted by Gasteiger charge is 2.15. The quantitative estimate of drug-likeness (QED) is 0.755. The number of methoxy groups -OCH3 is 1. The van der Waals surface area contributed by atoms with Gasteiger partial charge in [-0.05, 0) is 32.9 Å². The molecule has 0 spiro atoms. The largest absolute Gasteiger partial charge is 0.385 e. The van der Waals surface area contributed by atoms with Crippen LogP contribution in [0.25, 0.3) is 0 Å². The molecule has 0 aliphatic carbocycles. The Balaban J connectivity index is 2.74. The van der Waals surface area contributed by atoms with Crippen molar-refractivity contribution in [2.24, 2.45) is 5.73 Å². The van der Waals surface area contributed by atoms with Crippen LogP contribution >= 0.6 is 0 Å². The molecule has 1 aromatic rings. The zero-order valence-corrected chi connectivity index (χ0v) is 12.1. The van der Waals surface area contributed by atoms with E-state index in [1.165, 1.54) is 16.7 Å². The molecule has 0 aromatic heterocycles. The van der Waals surface area contributed by atoms with Gasteiger partial charge < -0.3 is 10.5 Å². The lowest BCUT2D eigenvalue weighted by Gasteiger charge is -2.27. The molecule has 0 radical (unpaired) electrons. The Labute approximate surface area is 111 Å². The molecule has 0 saturated carbocycles. The molecule has 1 rings (SSSR count). The molecule has 2 N–H and O–H groups in total. The second-order valence-corrected chi connectivity index (χ2v) is 5.00. The number of nitrogens with two attached hydrogens (primary N) is 1. The number of hydrogen-bond acceptors (Lipinski definition) is 3. The van der Waals surface area contributed by atoms with E-state index in [2.05, 4.69) is 44.0 Å². The van der Waals surface area contributed by atoms with Gasteiger partial charge in [0.15, 0.2) is 0 Å². The Morgan fingerprint density at radius 3 is 2.33 bits per heavy atom. The summed E-state index contributed by atoms with van der Waals surface area (Å²) < 4.78 is 5.09. The van der Waals surface area contributed by atoms with E-state index in [1.807, 2.05) is 0 Å². The fourth-order valence-corrected chi connectivity index (χ4v) is 2.39. The fraction of sp³-hybridized carbons (Fsp3) is 0.600. The fourth-order valence-electron chi connectivity index (χ4n) is 2.39. The van der Waals surface area contributed by atoms with Gasteiger partial charge >= 0.3 is 0 Å². The van der Waals surface area contributed by atoms with Crippen LogP contribution in [0.3, 0.4) is 0 Å². The monoisotopic (exact) mass is 250 g/mol. The van der Waals surface area contributed by atoms with E-state index in [4.69, 9.17) is 10.5 Å². The van der Waals surface area contributed by atoms with Crippen molar-refractivity contribution in [3.8, 4) is 0 Å². The first-order chi connectivity index (χ1) is 8.58. The van der Waals surface area contributed by atoms with Gasteiger partial charge in [0.1, 0.15) is 0 Å². The van der Waals surface area contributed by atoms with Crippen LogP contribution < -0.4 is 5.73 Å². The van der Waals surface area contributed by atoms with E-state index in [0.717, 1.165) is 19.6 Å². The Morgan fingerprint density at radius 2 is 1.83 bits per heavy atom. The maximum atomic E-state index is 5.94. The third-order valence-corrected chi connectivity index (χ3v) is 3.24. The summed E-state index contributed by atoms with van der Waals surface area (Å²) in [7, 11) is 3.87. The van der Waals surface area contributed by atoms with Gasteiger partial charge in [-0.15, -0.1) is 0 Å². The normalized spacial score (nSPS) is 13.0. The number of benzene rings is 1. The summed E-state index contributed by atoms with van der Waals surface area (Å²) in [5.41, 5.74) is 9.85. The van der Waals surface area contributed by atoms with E-state index in [1.54, 1.807) is 7.11 Å². The minimum absolute atomic E-state index is 0.292. The smallest absolute Gasteiger partial charge is 0.0474 e. The minimum Gasteiger partial charge on any atom is -0.385 e. The first kappa shape index (κ1) is 15.2. The molecule has 0 aliphatic rings. The van der Waals surface area contributed by atoms with Crippen LogP contribution in [0.5, 0.6) is 0 Å².